The summed E-state index contributed by atoms with van der Waals surface area (Å²) in [5.41, 5.74) is 3.57. The lowest BCUT2D eigenvalue weighted by Gasteiger charge is -2.42. The van der Waals surface area contributed by atoms with Crippen LogP contribution in [0.5, 0.6) is 17.2 Å². The number of anilines is 2. The van der Waals surface area contributed by atoms with Gasteiger partial charge in [-0.1, -0.05) is 92.3 Å². The summed E-state index contributed by atoms with van der Waals surface area (Å²) in [5.74, 6) is -0.443. The first-order valence-corrected chi connectivity index (χ1v) is 24.3. The van der Waals surface area contributed by atoms with Crippen molar-refractivity contribution in [3.05, 3.63) is 96.2 Å². The van der Waals surface area contributed by atoms with E-state index in [-0.39, 0.29) is 53.6 Å². The van der Waals surface area contributed by atoms with Gasteiger partial charge >= 0.3 is 12.2 Å². The van der Waals surface area contributed by atoms with Gasteiger partial charge < -0.3 is 49.3 Å². The molecule has 0 fully saturated rings. The third kappa shape index (κ3) is 12.9. The third-order valence-electron chi connectivity index (χ3n) is 11.7. The van der Waals surface area contributed by atoms with Crippen molar-refractivity contribution < 1.29 is 52.5 Å². The summed E-state index contributed by atoms with van der Waals surface area (Å²) < 4.78 is 28.8. The number of methoxy groups -OCH3 is 2. The molecular formula is C49H67N5O11Si. The number of nitrogens with zero attached hydrogens (tertiary/aromatic N) is 1. The maximum absolute atomic E-state index is 14.6. The van der Waals surface area contributed by atoms with Crippen LogP contribution in [-0.2, 0) is 25.7 Å². The van der Waals surface area contributed by atoms with Gasteiger partial charge in [0.05, 0.1) is 38.1 Å². The van der Waals surface area contributed by atoms with E-state index in [0.29, 0.717) is 34.9 Å². The molecule has 5 amide bonds. The Hall–Kier alpha value is -6.33. The number of benzene rings is 3. The Balaban J connectivity index is 1.55. The molecule has 0 radical (unpaired) electrons. The molecule has 4 rings (SSSR count). The van der Waals surface area contributed by atoms with Crippen molar-refractivity contribution in [3.63, 3.8) is 0 Å². The second-order valence-corrected chi connectivity index (χ2v) is 22.9. The lowest BCUT2D eigenvalue weighted by Crippen LogP contribution is -2.53. The van der Waals surface area contributed by atoms with Gasteiger partial charge in [-0.15, -0.1) is 0 Å². The highest BCUT2D eigenvalue weighted by molar-refractivity contribution is 6.78. The molecule has 5 N–H and O–H groups in total. The highest BCUT2D eigenvalue weighted by Crippen LogP contribution is 2.46. The molecule has 0 saturated heterocycles. The standard InChI is InChI=1S/C49H67N5O11Si/c1-13-22-63-49(60)53-44(29(2)3)46(57)50-33(10)45(56)51-37-18-14-34(15-19-37)28-64-48(59)52-41-25-43(65-66(30(4)5,31(6)7)32(8)9)42(62-12)24-40(41)47(58)54-26-36(23-38(54)27-55)35-16-20-39(61-11)21-17-35/h13-21,24-26,29-33,38,44,55H,1,22-23,27-28H2,2-12H3,(H,50,57)(H,51,56)(H,52,59)(H,53,60)/t33-,38-,44-/m0/s1. The molecule has 0 spiro atoms. The van der Waals surface area contributed by atoms with Crippen molar-refractivity contribution in [2.24, 2.45) is 5.92 Å². The topological polar surface area (TPSA) is 203 Å². The Bertz CT molecular complexity index is 2190. The number of aliphatic hydroxyl groups is 1. The van der Waals surface area contributed by atoms with Gasteiger partial charge in [0.15, 0.2) is 5.75 Å². The number of carbonyl (C=O) groups excluding carboxylic acids is 5. The molecule has 358 valence electrons. The fraction of sp³-hybridized carbons (Fsp3) is 0.449. The first kappa shape index (κ1) is 52.3. The predicted octanol–water partition coefficient (Wildman–Crippen LogP) is 8.63. The molecule has 0 saturated carbocycles. The molecule has 1 heterocycles. The molecule has 1 aliphatic rings. The molecule has 0 bridgehead atoms. The van der Waals surface area contributed by atoms with E-state index in [9.17, 15) is 29.1 Å². The summed E-state index contributed by atoms with van der Waals surface area (Å²) in [6.45, 7) is 20.9. The van der Waals surface area contributed by atoms with Crippen LogP contribution < -0.4 is 35.2 Å². The minimum Gasteiger partial charge on any atom is -0.540 e. The fourth-order valence-corrected chi connectivity index (χ4v) is 13.5. The molecule has 3 aromatic rings. The van der Waals surface area contributed by atoms with Gasteiger partial charge in [-0.3, -0.25) is 19.7 Å². The van der Waals surface area contributed by atoms with E-state index >= 15 is 0 Å². The number of aliphatic hydroxyl groups excluding tert-OH is 1. The molecular weight excluding hydrogens is 863 g/mol. The number of carbonyl (C=O) groups is 5. The van der Waals surface area contributed by atoms with Crippen LogP contribution in [0, 0.1) is 5.92 Å². The summed E-state index contributed by atoms with van der Waals surface area (Å²) >= 11 is 0. The van der Waals surface area contributed by atoms with E-state index in [2.05, 4.69) is 69.4 Å². The van der Waals surface area contributed by atoms with E-state index in [0.717, 1.165) is 11.1 Å². The normalized spacial score (nSPS) is 14.6. The first-order chi connectivity index (χ1) is 31.3. The second kappa shape index (κ2) is 23.7. The van der Waals surface area contributed by atoms with Crippen LogP contribution in [0.1, 0.15) is 90.2 Å². The van der Waals surface area contributed by atoms with Crippen LogP contribution >= 0.6 is 0 Å². The molecule has 1 aliphatic heterocycles. The Morgan fingerprint density at radius 3 is 1.97 bits per heavy atom. The smallest absolute Gasteiger partial charge is 0.411 e. The summed E-state index contributed by atoms with van der Waals surface area (Å²) in [7, 11) is 0.523. The van der Waals surface area contributed by atoms with Crippen LogP contribution in [0.4, 0.5) is 21.0 Å². The third-order valence-corrected chi connectivity index (χ3v) is 17.7. The first-order valence-electron chi connectivity index (χ1n) is 22.2. The fourth-order valence-electron chi connectivity index (χ4n) is 8.25. The van der Waals surface area contributed by atoms with Gasteiger partial charge in [-0.2, -0.15) is 0 Å². The number of hydrogen-bond donors (Lipinski definition) is 5. The summed E-state index contributed by atoms with van der Waals surface area (Å²) in [4.78, 5) is 67.8. The van der Waals surface area contributed by atoms with Crippen molar-refractivity contribution in [1.29, 1.82) is 0 Å². The molecule has 3 atom stereocenters. The van der Waals surface area contributed by atoms with Crippen molar-refractivity contribution in [3.8, 4) is 17.2 Å². The monoisotopic (exact) mass is 929 g/mol. The highest BCUT2D eigenvalue weighted by Gasteiger charge is 2.48. The number of amides is 5. The van der Waals surface area contributed by atoms with Crippen LogP contribution in [-0.4, -0.2) is 93.8 Å². The van der Waals surface area contributed by atoms with Gasteiger partial charge in [0.25, 0.3) is 14.2 Å². The van der Waals surface area contributed by atoms with Crippen molar-refractivity contribution in [2.75, 3.05) is 38.1 Å². The van der Waals surface area contributed by atoms with Gasteiger partial charge in [0, 0.05) is 18.0 Å². The van der Waals surface area contributed by atoms with Crippen LogP contribution in [0.25, 0.3) is 5.57 Å². The zero-order valence-corrected chi connectivity index (χ0v) is 41.0. The van der Waals surface area contributed by atoms with Crippen molar-refractivity contribution in [2.45, 2.75) is 110 Å². The van der Waals surface area contributed by atoms with E-state index in [4.69, 9.17) is 23.4 Å². The highest BCUT2D eigenvalue weighted by atomic mass is 28.4. The Kier molecular flexibility index (Phi) is 18.8. The Morgan fingerprint density at radius 2 is 1.42 bits per heavy atom. The lowest BCUT2D eigenvalue weighted by atomic mass is 10.0. The van der Waals surface area contributed by atoms with E-state index in [1.165, 1.54) is 25.0 Å². The zero-order valence-electron chi connectivity index (χ0n) is 40.0. The minimum atomic E-state index is -2.56. The minimum absolute atomic E-state index is 0.0193. The SMILES string of the molecule is C=CCOC(=O)N[C@H](C(=O)N[C@@H](C)C(=O)Nc1ccc(COC(=O)Nc2cc(O[Si](C(C)C)(C(C)C)C(C)C)c(OC)cc2C(=O)N2C=C(c3ccc(OC)cc3)C[C@H]2CO)cc1)C(C)C. The number of ether oxygens (including phenoxy) is 4. The van der Waals surface area contributed by atoms with E-state index in [1.807, 2.05) is 24.3 Å². The average Bonchev–Trinajstić information content (AvgIpc) is 3.73. The maximum atomic E-state index is 14.6. The average molecular weight is 930 g/mol. The summed E-state index contributed by atoms with van der Waals surface area (Å²) in [5, 5.41) is 21.1. The molecule has 66 heavy (non-hydrogen) atoms. The van der Waals surface area contributed by atoms with Gasteiger partial charge in [-0.25, -0.2) is 9.59 Å². The Morgan fingerprint density at radius 1 is 0.788 bits per heavy atom. The summed E-state index contributed by atoms with van der Waals surface area (Å²) in [6, 6.07) is 14.7. The van der Waals surface area contributed by atoms with Crippen LogP contribution in [0.15, 0.2) is 79.5 Å². The van der Waals surface area contributed by atoms with E-state index in [1.54, 1.807) is 63.6 Å². The van der Waals surface area contributed by atoms with Gasteiger partial charge in [-0.05, 0) is 82.9 Å². The zero-order chi connectivity index (χ0) is 48.9. The second-order valence-electron chi connectivity index (χ2n) is 17.5. The van der Waals surface area contributed by atoms with Crippen molar-refractivity contribution in [1.82, 2.24) is 15.5 Å². The summed E-state index contributed by atoms with van der Waals surface area (Å²) in [6.07, 6.45) is 1.89. The largest absolute Gasteiger partial charge is 0.540 e. The molecule has 16 nitrogen and oxygen atoms in total. The molecule has 0 aromatic heterocycles. The quantitative estimate of drug-likeness (QED) is 0.0506. The van der Waals surface area contributed by atoms with E-state index < -0.39 is 56.4 Å². The molecule has 3 aromatic carbocycles. The van der Waals surface area contributed by atoms with Crippen LogP contribution in [0.3, 0.4) is 0 Å². The Labute approximate surface area is 389 Å². The molecule has 17 heteroatoms. The van der Waals surface area contributed by atoms with Gasteiger partial charge in [0.1, 0.15) is 36.8 Å². The van der Waals surface area contributed by atoms with Crippen LogP contribution in [0.2, 0.25) is 16.6 Å². The number of hydrogen-bond acceptors (Lipinski definition) is 11. The lowest BCUT2D eigenvalue weighted by molar-refractivity contribution is -0.128. The van der Waals surface area contributed by atoms with Gasteiger partial charge in [0.2, 0.25) is 11.8 Å². The number of alkyl carbamates (subject to hydrolysis) is 1. The number of rotatable bonds is 21. The predicted molar refractivity (Wildman–Crippen MR) is 257 cm³/mol. The maximum Gasteiger partial charge on any atom is 0.411 e. The molecule has 0 unspecified atom stereocenters. The van der Waals surface area contributed by atoms with Crippen molar-refractivity contribution >= 4 is 55.2 Å². The molecule has 0 aliphatic carbocycles. The number of nitrogens with one attached hydrogen (secondary N) is 4.